The molecule has 2 unspecified atom stereocenters. The molecule has 0 saturated carbocycles. The Morgan fingerprint density at radius 1 is 1.46 bits per heavy atom. The van der Waals surface area contributed by atoms with Crippen LogP contribution in [0.1, 0.15) is 18.6 Å². The molecule has 1 N–H and O–H groups in total. The number of hydrogen-bond acceptors (Lipinski definition) is 1. The first-order valence-electron chi connectivity index (χ1n) is 4.22. The van der Waals surface area contributed by atoms with Crippen molar-refractivity contribution in [2.45, 2.75) is 13.0 Å². The molecule has 0 aliphatic rings. The van der Waals surface area contributed by atoms with Crippen LogP contribution in [0.3, 0.4) is 0 Å². The van der Waals surface area contributed by atoms with Gasteiger partial charge in [-0.05, 0) is 11.6 Å². The van der Waals surface area contributed by atoms with Crippen molar-refractivity contribution in [2.75, 3.05) is 0 Å². The maximum absolute atomic E-state index is 9.87. The Hall–Kier alpha value is -0.600. The largest absolute Gasteiger partial charge is 0.388 e. The summed E-state index contributed by atoms with van der Waals surface area (Å²) in [5, 5.41) is 9.87. The Balaban J connectivity index is 2.94. The first kappa shape index (κ1) is 10.5. The van der Waals surface area contributed by atoms with Gasteiger partial charge in [-0.3, -0.25) is 0 Å². The van der Waals surface area contributed by atoms with E-state index in [4.69, 9.17) is 0 Å². The molecule has 0 aromatic heterocycles. The predicted molar refractivity (Wildman–Crippen MR) is 58.5 cm³/mol. The Bertz CT molecular complexity index is 296. The molecule has 13 heavy (non-hydrogen) atoms. The summed E-state index contributed by atoms with van der Waals surface area (Å²) in [4.78, 5) is 0. The van der Waals surface area contributed by atoms with Gasteiger partial charge in [0.25, 0.3) is 0 Å². The van der Waals surface area contributed by atoms with Crippen LogP contribution in [0.2, 0.25) is 0 Å². The van der Waals surface area contributed by atoms with E-state index < -0.39 is 6.10 Å². The molecule has 1 aromatic carbocycles. The summed E-state index contributed by atoms with van der Waals surface area (Å²) in [6.45, 7) is 5.60. The van der Waals surface area contributed by atoms with Crippen LogP contribution in [-0.4, -0.2) is 5.11 Å². The first-order valence-corrected chi connectivity index (χ1v) is 5.01. The monoisotopic (exact) mass is 240 g/mol. The molecule has 0 bridgehead atoms. The minimum Gasteiger partial charge on any atom is -0.388 e. The lowest BCUT2D eigenvalue weighted by Gasteiger charge is -2.16. The zero-order chi connectivity index (χ0) is 9.84. The lowest BCUT2D eigenvalue weighted by molar-refractivity contribution is 0.139. The maximum Gasteiger partial charge on any atom is 0.0860 e. The highest BCUT2D eigenvalue weighted by atomic mass is 79.9. The number of aliphatic hydroxyl groups excluding tert-OH is 1. The quantitative estimate of drug-likeness (QED) is 0.805. The molecule has 0 radical (unpaired) electrons. The highest BCUT2D eigenvalue weighted by Gasteiger charge is 2.15. The van der Waals surface area contributed by atoms with Crippen molar-refractivity contribution in [1.82, 2.24) is 0 Å². The van der Waals surface area contributed by atoms with Crippen LogP contribution >= 0.6 is 15.9 Å². The molecule has 0 aliphatic carbocycles. The van der Waals surface area contributed by atoms with Gasteiger partial charge in [-0.25, -0.2) is 0 Å². The summed E-state index contributed by atoms with van der Waals surface area (Å²) in [7, 11) is 0. The predicted octanol–water partition coefficient (Wildman–Crippen LogP) is 3.30. The van der Waals surface area contributed by atoms with E-state index in [1.165, 1.54) is 0 Å². The average Bonchev–Trinajstić information content (AvgIpc) is 2.16. The summed E-state index contributed by atoms with van der Waals surface area (Å²) >= 11 is 3.40. The van der Waals surface area contributed by atoms with E-state index in [0.29, 0.717) is 0 Å². The summed E-state index contributed by atoms with van der Waals surface area (Å²) < 4.78 is 0.941. The van der Waals surface area contributed by atoms with Crippen molar-refractivity contribution in [3.63, 3.8) is 0 Å². The lowest BCUT2D eigenvalue weighted by Crippen LogP contribution is -2.06. The molecule has 0 heterocycles. The highest BCUT2D eigenvalue weighted by molar-refractivity contribution is 9.10. The minimum absolute atomic E-state index is 0.0682. The first-order chi connectivity index (χ1) is 6.16. The third-order valence-electron chi connectivity index (χ3n) is 2.09. The van der Waals surface area contributed by atoms with E-state index >= 15 is 0 Å². The van der Waals surface area contributed by atoms with Crippen LogP contribution in [-0.2, 0) is 0 Å². The van der Waals surface area contributed by atoms with E-state index in [-0.39, 0.29) is 5.92 Å². The second-order valence-electron chi connectivity index (χ2n) is 3.06. The summed E-state index contributed by atoms with van der Waals surface area (Å²) in [6.07, 6.45) is 1.28. The molecule has 70 valence electrons. The van der Waals surface area contributed by atoms with Crippen molar-refractivity contribution in [3.05, 3.63) is 47.0 Å². The standard InChI is InChI=1S/C11H13BrO/c1-3-8(2)11(13)9-6-4-5-7-10(9)12/h3-8,11,13H,1H2,2H3. The van der Waals surface area contributed by atoms with Crippen molar-refractivity contribution >= 4 is 15.9 Å². The lowest BCUT2D eigenvalue weighted by atomic mass is 9.98. The minimum atomic E-state index is -0.479. The van der Waals surface area contributed by atoms with E-state index in [9.17, 15) is 5.11 Å². The Morgan fingerprint density at radius 2 is 2.08 bits per heavy atom. The smallest absolute Gasteiger partial charge is 0.0860 e. The van der Waals surface area contributed by atoms with E-state index in [1.807, 2.05) is 31.2 Å². The second-order valence-corrected chi connectivity index (χ2v) is 3.92. The molecule has 0 saturated heterocycles. The molecular weight excluding hydrogens is 228 g/mol. The zero-order valence-corrected chi connectivity index (χ0v) is 9.16. The molecule has 1 nitrogen and oxygen atoms in total. The molecule has 0 amide bonds. The molecular formula is C11H13BrO. The van der Waals surface area contributed by atoms with Gasteiger partial charge in [0.05, 0.1) is 6.10 Å². The van der Waals surface area contributed by atoms with Crippen LogP contribution in [0.4, 0.5) is 0 Å². The SMILES string of the molecule is C=CC(C)C(O)c1ccccc1Br. The van der Waals surface area contributed by atoms with Crippen LogP contribution in [0.5, 0.6) is 0 Å². The fourth-order valence-corrected chi connectivity index (χ4v) is 1.65. The summed E-state index contributed by atoms with van der Waals surface area (Å²) in [6, 6.07) is 7.68. The Labute approximate surface area is 87.2 Å². The van der Waals surface area contributed by atoms with Gasteiger partial charge in [0, 0.05) is 10.4 Å². The van der Waals surface area contributed by atoms with Crippen LogP contribution in [0.15, 0.2) is 41.4 Å². The van der Waals surface area contributed by atoms with Crippen molar-refractivity contribution in [1.29, 1.82) is 0 Å². The topological polar surface area (TPSA) is 20.2 Å². The Morgan fingerprint density at radius 3 is 2.62 bits per heavy atom. The number of aliphatic hydroxyl groups is 1. The van der Waals surface area contributed by atoms with Crippen molar-refractivity contribution in [2.24, 2.45) is 5.92 Å². The molecule has 0 spiro atoms. The van der Waals surface area contributed by atoms with Gasteiger partial charge in [-0.2, -0.15) is 0 Å². The van der Waals surface area contributed by atoms with Gasteiger partial charge in [0.2, 0.25) is 0 Å². The third-order valence-corrected chi connectivity index (χ3v) is 2.82. The van der Waals surface area contributed by atoms with E-state index in [2.05, 4.69) is 22.5 Å². The number of hydrogen-bond donors (Lipinski definition) is 1. The van der Waals surface area contributed by atoms with Gasteiger partial charge in [-0.15, -0.1) is 6.58 Å². The maximum atomic E-state index is 9.87. The van der Waals surface area contributed by atoms with Crippen LogP contribution in [0.25, 0.3) is 0 Å². The van der Waals surface area contributed by atoms with Gasteiger partial charge in [0.1, 0.15) is 0 Å². The van der Waals surface area contributed by atoms with E-state index in [0.717, 1.165) is 10.0 Å². The molecule has 2 heteroatoms. The zero-order valence-electron chi connectivity index (χ0n) is 7.57. The summed E-state index contributed by atoms with van der Waals surface area (Å²) in [5.41, 5.74) is 0.912. The Kier molecular flexibility index (Phi) is 3.70. The van der Waals surface area contributed by atoms with Crippen LogP contribution < -0.4 is 0 Å². The van der Waals surface area contributed by atoms with Crippen molar-refractivity contribution < 1.29 is 5.11 Å². The molecule has 1 rings (SSSR count). The molecule has 0 aliphatic heterocycles. The van der Waals surface area contributed by atoms with Crippen LogP contribution in [0, 0.1) is 5.92 Å². The number of benzene rings is 1. The van der Waals surface area contributed by atoms with Gasteiger partial charge in [0.15, 0.2) is 0 Å². The molecule has 2 atom stereocenters. The third kappa shape index (κ3) is 2.42. The van der Waals surface area contributed by atoms with Gasteiger partial charge < -0.3 is 5.11 Å². The summed E-state index contributed by atoms with van der Waals surface area (Å²) in [5.74, 6) is 0.0682. The second kappa shape index (κ2) is 4.58. The van der Waals surface area contributed by atoms with Gasteiger partial charge >= 0.3 is 0 Å². The number of rotatable bonds is 3. The number of halogens is 1. The van der Waals surface area contributed by atoms with Crippen molar-refractivity contribution in [3.8, 4) is 0 Å². The van der Waals surface area contributed by atoms with E-state index in [1.54, 1.807) is 6.08 Å². The fraction of sp³-hybridized carbons (Fsp3) is 0.273. The normalized spacial score (nSPS) is 15.0. The molecule has 0 fully saturated rings. The van der Waals surface area contributed by atoms with Gasteiger partial charge in [-0.1, -0.05) is 47.1 Å². The molecule has 1 aromatic rings. The average molecular weight is 241 g/mol. The fourth-order valence-electron chi connectivity index (χ4n) is 1.13. The highest BCUT2D eigenvalue weighted by Crippen LogP contribution is 2.28.